The van der Waals surface area contributed by atoms with E-state index in [1.54, 1.807) is 0 Å². The minimum absolute atomic E-state index is 0.0136. The molecular weight excluding hydrogens is 354 g/mol. The maximum Gasteiger partial charge on any atom is 0.265 e. The van der Waals surface area contributed by atoms with Gasteiger partial charge in [-0.15, -0.1) is 0 Å². The molecule has 2 heterocycles. The molecule has 2 aliphatic heterocycles. The SMILES string of the molecule is O=C(Nc1ccc2c(c1)N(CCN1CCCCC1)C(=O)CO2)C1CCCCC1. The van der Waals surface area contributed by atoms with Crippen LogP contribution in [0.3, 0.4) is 0 Å². The zero-order valence-corrected chi connectivity index (χ0v) is 16.6. The second kappa shape index (κ2) is 8.95. The predicted molar refractivity (Wildman–Crippen MR) is 110 cm³/mol. The molecule has 1 aromatic carbocycles. The lowest BCUT2D eigenvalue weighted by atomic mass is 9.88. The average molecular weight is 386 g/mol. The lowest BCUT2D eigenvalue weighted by Gasteiger charge is -2.33. The average Bonchev–Trinajstić information content (AvgIpc) is 2.74. The van der Waals surface area contributed by atoms with Crippen molar-refractivity contribution < 1.29 is 14.3 Å². The lowest BCUT2D eigenvalue weighted by molar-refractivity contribution is -0.121. The third kappa shape index (κ3) is 4.49. The third-order valence-electron chi connectivity index (χ3n) is 6.23. The molecular formula is C22H31N3O3. The first-order valence-corrected chi connectivity index (χ1v) is 10.8. The van der Waals surface area contributed by atoms with Crippen molar-refractivity contribution in [2.24, 2.45) is 5.92 Å². The number of carbonyl (C=O) groups is 2. The van der Waals surface area contributed by atoms with Gasteiger partial charge in [0.1, 0.15) is 5.75 Å². The van der Waals surface area contributed by atoms with Crippen LogP contribution in [-0.2, 0) is 9.59 Å². The van der Waals surface area contributed by atoms with E-state index in [-0.39, 0.29) is 24.3 Å². The van der Waals surface area contributed by atoms with Gasteiger partial charge in [0.2, 0.25) is 5.91 Å². The van der Waals surface area contributed by atoms with E-state index < -0.39 is 0 Å². The van der Waals surface area contributed by atoms with Crippen LogP contribution in [0.5, 0.6) is 5.75 Å². The fourth-order valence-electron chi connectivity index (χ4n) is 4.56. The number of ether oxygens (including phenoxy) is 1. The highest BCUT2D eigenvalue weighted by molar-refractivity contribution is 5.99. The number of hydrogen-bond acceptors (Lipinski definition) is 4. The van der Waals surface area contributed by atoms with E-state index in [0.29, 0.717) is 12.3 Å². The van der Waals surface area contributed by atoms with Crippen LogP contribution in [0.15, 0.2) is 18.2 Å². The van der Waals surface area contributed by atoms with E-state index in [1.165, 1.54) is 25.7 Å². The van der Waals surface area contributed by atoms with Gasteiger partial charge in [0.15, 0.2) is 6.61 Å². The molecule has 1 saturated heterocycles. The normalized spacial score (nSPS) is 21.1. The summed E-state index contributed by atoms with van der Waals surface area (Å²) in [5.74, 6) is 0.912. The monoisotopic (exact) mass is 385 g/mol. The number of carbonyl (C=O) groups excluding carboxylic acids is 2. The number of anilines is 2. The molecule has 1 N–H and O–H groups in total. The van der Waals surface area contributed by atoms with E-state index in [1.807, 2.05) is 23.1 Å². The van der Waals surface area contributed by atoms with E-state index >= 15 is 0 Å². The number of likely N-dealkylation sites (tertiary alicyclic amines) is 1. The summed E-state index contributed by atoms with van der Waals surface area (Å²) in [6.07, 6.45) is 9.23. The molecule has 4 rings (SSSR count). The number of fused-ring (bicyclic) bond motifs is 1. The van der Waals surface area contributed by atoms with Gasteiger partial charge in [-0.3, -0.25) is 9.59 Å². The van der Waals surface area contributed by atoms with Crippen LogP contribution in [-0.4, -0.2) is 49.5 Å². The van der Waals surface area contributed by atoms with E-state index in [9.17, 15) is 9.59 Å². The van der Waals surface area contributed by atoms with E-state index in [2.05, 4.69) is 10.2 Å². The third-order valence-corrected chi connectivity index (χ3v) is 6.23. The zero-order chi connectivity index (χ0) is 19.3. The molecule has 2 fully saturated rings. The Labute approximate surface area is 167 Å². The molecule has 0 atom stereocenters. The molecule has 1 aromatic rings. The van der Waals surface area contributed by atoms with Gasteiger partial charge in [0.25, 0.3) is 5.91 Å². The van der Waals surface area contributed by atoms with Crippen LogP contribution in [0.1, 0.15) is 51.4 Å². The van der Waals surface area contributed by atoms with Crippen molar-refractivity contribution in [3.05, 3.63) is 18.2 Å². The predicted octanol–water partition coefficient (Wildman–Crippen LogP) is 3.42. The molecule has 0 aromatic heterocycles. The highest BCUT2D eigenvalue weighted by atomic mass is 16.5. The molecule has 0 unspecified atom stereocenters. The second-order valence-corrected chi connectivity index (χ2v) is 8.24. The first-order chi connectivity index (χ1) is 13.7. The summed E-state index contributed by atoms with van der Waals surface area (Å²) in [4.78, 5) is 29.3. The summed E-state index contributed by atoms with van der Waals surface area (Å²) >= 11 is 0. The molecule has 6 heteroatoms. The van der Waals surface area contributed by atoms with Crippen molar-refractivity contribution in [1.29, 1.82) is 0 Å². The maximum atomic E-state index is 12.6. The number of hydrogen-bond donors (Lipinski definition) is 1. The van der Waals surface area contributed by atoms with E-state index in [0.717, 1.165) is 56.7 Å². The number of nitrogens with one attached hydrogen (secondary N) is 1. The van der Waals surface area contributed by atoms with Gasteiger partial charge in [-0.25, -0.2) is 0 Å². The molecule has 6 nitrogen and oxygen atoms in total. The first-order valence-electron chi connectivity index (χ1n) is 10.8. The van der Waals surface area contributed by atoms with Gasteiger partial charge < -0.3 is 19.9 Å². The van der Waals surface area contributed by atoms with Crippen molar-refractivity contribution in [2.45, 2.75) is 51.4 Å². The molecule has 152 valence electrons. The topological polar surface area (TPSA) is 61.9 Å². The summed E-state index contributed by atoms with van der Waals surface area (Å²) in [5, 5.41) is 3.06. The fraction of sp³-hybridized carbons (Fsp3) is 0.636. The van der Waals surface area contributed by atoms with Crippen molar-refractivity contribution in [1.82, 2.24) is 4.90 Å². The maximum absolute atomic E-state index is 12.6. The van der Waals surface area contributed by atoms with Crippen LogP contribution in [0, 0.1) is 5.92 Å². The molecule has 2 amide bonds. The number of nitrogens with zero attached hydrogens (tertiary/aromatic N) is 2. The van der Waals surface area contributed by atoms with Crippen molar-refractivity contribution in [3.8, 4) is 5.75 Å². The number of rotatable bonds is 5. The molecule has 0 spiro atoms. The Morgan fingerprint density at radius 3 is 2.57 bits per heavy atom. The minimum Gasteiger partial charge on any atom is -0.482 e. The molecule has 1 aliphatic carbocycles. The Hall–Kier alpha value is -2.08. The smallest absolute Gasteiger partial charge is 0.265 e. The van der Waals surface area contributed by atoms with Crippen LogP contribution in [0.25, 0.3) is 0 Å². The van der Waals surface area contributed by atoms with Crippen LogP contribution in [0.2, 0.25) is 0 Å². The summed E-state index contributed by atoms with van der Waals surface area (Å²) in [7, 11) is 0. The molecule has 0 bridgehead atoms. The Morgan fingerprint density at radius 1 is 1.04 bits per heavy atom. The van der Waals surface area contributed by atoms with Crippen LogP contribution in [0.4, 0.5) is 11.4 Å². The van der Waals surface area contributed by atoms with Gasteiger partial charge >= 0.3 is 0 Å². The Balaban J connectivity index is 1.44. The van der Waals surface area contributed by atoms with Crippen molar-refractivity contribution in [3.63, 3.8) is 0 Å². The Kier molecular flexibility index (Phi) is 6.15. The second-order valence-electron chi connectivity index (χ2n) is 8.24. The van der Waals surface area contributed by atoms with Gasteiger partial charge in [0, 0.05) is 24.7 Å². The number of amides is 2. The molecule has 3 aliphatic rings. The standard InChI is InChI=1S/C22H31N3O3/c26-21-16-28-20-10-9-18(23-22(27)17-7-3-1-4-8-17)15-19(20)25(21)14-13-24-11-5-2-6-12-24/h9-10,15,17H,1-8,11-14,16H2,(H,23,27). The highest BCUT2D eigenvalue weighted by Gasteiger charge is 2.27. The minimum atomic E-state index is -0.0136. The molecule has 28 heavy (non-hydrogen) atoms. The quantitative estimate of drug-likeness (QED) is 0.844. The van der Waals surface area contributed by atoms with Crippen LogP contribution >= 0.6 is 0 Å². The van der Waals surface area contributed by atoms with Crippen molar-refractivity contribution >= 4 is 23.2 Å². The summed E-state index contributed by atoms with van der Waals surface area (Å²) in [6.45, 7) is 3.85. The first kappa shape index (κ1) is 19.2. The summed E-state index contributed by atoms with van der Waals surface area (Å²) < 4.78 is 5.62. The molecule has 0 radical (unpaired) electrons. The van der Waals surface area contributed by atoms with E-state index in [4.69, 9.17) is 4.74 Å². The largest absolute Gasteiger partial charge is 0.482 e. The van der Waals surface area contributed by atoms with Gasteiger partial charge in [-0.05, 0) is 57.0 Å². The Bertz CT molecular complexity index is 709. The van der Waals surface area contributed by atoms with Gasteiger partial charge in [0.05, 0.1) is 5.69 Å². The Morgan fingerprint density at radius 2 is 1.79 bits per heavy atom. The van der Waals surface area contributed by atoms with Gasteiger partial charge in [-0.1, -0.05) is 25.7 Å². The fourth-order valence-corrected chi connectivity index (χ4v) is 4.56. The number of benzene rings is 1. The molecule has 1 saturated carbocycles. The summed E-state index contributed by atoms with van der Waals surface area (Å²) in [5.41, 5.74) is 1.52. The summed E-state index contributed by atoms with van der Waals surface area (Å²) in [6, 6.07) is 5.63. The zero-order valence-electron chi connectivity index (χ0n) is 16.6. The van der Waals surface area contributed by atoms with Crippen LogP contribution < -0.4 is 15.0 Å². The van der Waals surface area contributed by atoms with Crippen molar-refractivity contribution in [2.75, 3.05) is 43.0 Å². The lowest BCUT2D eigenvalue weighted by Crippen LogP contribution is -2.44. The van der Waals surface area contributed by atoms with Gasteiger partial charge in [-0.2, -0.15) is 0 Å². The highest BCUT2D eigenvalue weighted by Crippen LogP contribution is 2.35. The number of piperidine rings is 1.